The molecule has 1 aliphatic carbocycles. The van der Waals surface area contributed by atoms with Crippen LogP contribution in [-0.4, -0.2) is 11.4 Å². The molecule has 0 radical (unpaired) electrons. The normalized spacial score (nSPS) is 27.1. The number of carbonyl (C=O) groups excluding carboxylic acids is 1. The molecule has 0 aliphatic heterocycles. The zero-order chi connectivity index (χ0) is 13.2. The van der Waals surface area contributed by atoms with Gasteiger partial charge in [-0.2, -0.15) is 0 Å². The van der Waals surface area contributed by atoms with E-state index in [2.05, 4.69) is 12.2 Å². The van der Waals surface area contributed by atoms with Gasteiger partial charge in [-0.05, 0) is 30.9 Å². The number of rotatable bonds is 4. The van der Waals surface area contributed by atoms with E-state index in [-0.39, 0.29) is 11.8 Å². The van der Waals surface area contributed by atoms with Gasteiger partial charge in [0.1, 0.15) is 5.54 Å². The summed E-state index contributed by atoms with van der Waals surface area (Å²) in [5.74, 6) is 0.0121. The van der Waals surface area contributed by atoms with Gasteiger partial charge in [0.15, 0.2) is 0 Å². The SMILES string of the molecule is CCC1CCCC1(Nc1ccccc1Cl)C(N)=O. The van der Waals surface area contributed by atoms with E-state index in [4.69, 9.17) is 17.3 Å². The fraction of sp³-hybridized carbons (Fsp3) is 0.500. The first-order valence-electron chi connectivity index (χ1n) is 6.42. The molecule has 1 amide bonds. The summed E-state index contributed by atoms with van der Waals surface area (Å²) >= 11 is 6.15. The molecule has 1 saturated carbocycles. The predicted octanol–water partition coefficient (Wildman–Crippen LogP) is 3.19. The molecular weight excluding hydrogens is 248 g/mol. The van der Waals surface area contributed by atoms with Gasteiger partial charge in [0.05, 0.1) is 10.7 Å². The first-order chi connectivity index (χ1) is 8.60. The van der Waals surface area contributed by atoms with E-state index < -0.39 is 5.54 Å². The highest BCUT2D eigenvalue weighted by Crippen LogP contribution is 2.41. The molecule has 1 aliphatic rings. The molecule has 1 aromatic rings. The molecule has 98 valence electrons. The van der Waals surface area contributed by atoms with Crippen molar-refractivity contribution in [3.8, 4) is 0 Å². The Labute approximate surface area is 113 Å². The molecule has 0 bridgehead atoms. The Morgan fingerprint density at radius 1 is 1.56 bits per heavy atom. The predicted molar refractivity (Wildman–Crippen MR) is 74.6 cm³/mol. The second-order valence-electron chi connectivity index (χ2n) is 4.94. The Kier molecular flexibility index (Phi) is 3.81. The van der Waals surface area contributed by atoms with Crippen molar-refractivity contribution in [2.45, 2.75) is 38.1 Å². The van der Waals surface area contributed by atoms with Crippen molar-refractivity contribution < 1.29 is 4.79 Å². The summed E-state index contributed by atoms with van der Waals surface area (Å²) in [4.78, 5) is 11.9. The lowest BCUT2D eigenvalue weighted by atomic mass is 9.84. The Morgan fingerprint density at radius 2 is 2.28 bits per heavy atom. The summed E-state index contributed by atoms with van der Waals surface area (Å²) < 4.78 is 0. The largest absolute Gasteiger partial charge is 0.370 e. The molecule has 18 heavy (non-hydrogen) atoms. The molecule has 0 aromatic heterocycles. The standard InChI is InChI=1S/C14H19ClN2O/c1-2-10-6-5-9-14(10,13(16)18)17-12-8-4-3-7-11(12)15/h3-4,7-8,10,17H,2,5-6,9H2,1H3,(H2,16,18). The molecule has 0 spiro atoms. The van der Waals surface area contributed by atoms with Crippen molar-refractivity contribution in [1.29, 1.82) is 0 Å². The first-order valence-corrected chi connectivity index (χ1v) is 6.80. The van der Waals surface area contributed by atoms with E-state index in [1.165, 1.54) is 0 Å². The number of hydrogen-bond donors (Lipinski definition) is 2. The Balaban J connectivity index is 2.33. The number of hydrogen-bond acceptors (Lipinski definition) is 2. The molecule has 2 unspecified atom stereocenters. The van der Waals surface area contributed by atoms with Gasteiger partial charge in [0.2, 0.25) is 5.91 Å². The minimum Gasteiger partial charge on any atom is -0.370 e. The van der Waals surface area contributed by atoms with Gasteiger partial charge >= 0.3 is 0 Å². The highest BCUT2D eigenvalue weighted by atomic mass is 35.5. The number of benzene rings is 1. The van der Waals surface area contributed by atoms with Crippen LogP contribution in [0.25, 0.3) is 0 Å². The minimum absolute atomic E-state index is 0.272. The van der Waals surface area contributed by atoms with Crippen molar-refractivity contribution >= 4 is 23.2 Å². The molecule has 2 atom stereocenters. The van der Waals surface area contributed by atoms with Crippen LogP contribution in [0.2, 0.25) is 5.02 Å². The van der Waals surface area contributed by atoms with E-state index in [1.807, 2.05) is 24.3 Å². The van der Waals surface area contributed by atoms with Crippen molar-refractivity contribution in [3.05, 3.63) is 29.3 Å². The monoisotopic (exact) mass is 266 g/mol. The van der Waals surface area contributed by atoms with E-state index in [0.717, 1.165) is 31.4 Å². The maximum Gasteiger partial charge on any atom is 0.243 e. The second kappa shape index (κ2) is 5.19. The second-order valence-corrected chi connectivity index (χ2v) is 5.35. The van der Waals surface area contributed by atoms with Gasteiger partial charge in [0.25, 0.3) is 0 Å². The highest BCUT2D eigenvalue weighted by molar-refractivity contribution is 6.33. The van der Waals surface area contributed by atoms with Gasteiger partial charge in [0, 0.05) is 0 Å². The third-order valence-electron chi connectivity index (χ3n) is 3.98. The smallest absolute Gasteiger partial charge is 0.243 e. The molecule has 0 saturated heterocycles. The summed E-state index contributed by atoms with van der Waals surface area (Å²) in [6, 6.07) is 7.47. The van der Waals surface area contributed by atoms with E-state index >= 15 is 0 Å². The maximum atomic E-state index is 11.9. The number of halogens is 1. The average Bonchev–Trinajstić information content (AvgIpc) is 2.76. The zero-order valence-electron chi connectivity index (χ0n) is 10.6. The first kappa shape index (κ1) is 13.2. The van der Waals surface area contributed by atoms with Gasteiger partial charge in [-0.3, -0.25) is 4.79 Å². The fourth-order valence-electron chi connectivity index (χ4n) is 2.98. The van der Waals surface area contributed by atoms with E-state index in [9.17, 15) is 4.79 Å². The van der Waals surface area contributed by atoms with Crippen LogP contribution in [0.1, 0.15) is 32.6 Å². The van der Waals surface area contributed by atoms with Crippen molar-refractivity contribution in [1.82, 2.24) is 0 Å². The number of para-hydroxylation sites is 1. The van der Waals surface area contributed by atoms with Crippen LogP contribution < -0.4 is 11.1 Å². The van der Waals surface area contributed by atoms with Gasteiger partial charge < -0.3 is 11.1 Å². The Bertz CT molecular complexity index is 449. The van der Waals surface area contributed by atoms with Gasteiger partial charge in [-0.15, -0.1) is 0 Å². The molecule has 4 heteroatoms. The number of primary amides is 1. The summed E-state index contributed by atoms with van der Waals surface area (Å²) in [6.07, 6.45) is 3.79. The quantitative estimate of drug-likeness (QED) is 0.879. The zero-order valence-corrected chi connectivity index (χ0v) is 11.3. The van der Waals surface area contributed by atoms with Crippen molar-refractivity contribution in [3.63, 3.8) is 0 Å². The van der Waals surface area contributed by atoms with E-state index in [1.54, 1.807) is 0 Å². The third-order valence-corrected chi connectivity index (χ3v) is 4.31. The number of carbonyl (C=O) groups is 1. The summed E-state index contributed by atoms with van der Waals surface area (Å²) in [5.41, 5.74) is 5.80. The summed E-state index contributed by atoms with van der Waals surface area (Å²) in [7, 11) is 0. The number of nitrogens with two attached hydrogens (primary N) is 1. The number of anilines is 1. The number of amides is 1. The van der Waals surface area contributed by atoms with Crippen molar-refractivity contribution in [2.75, 3.05) is 5.32 Å². The lowest BCUT2D eigenvalue weighted by Crippen LogP contribution is -2.53. The molecule has 0 heterocycles. The molecule has 3 N–H and O–H groups in total. The number of nitrogens with one attached hydrogen (secondary N) is 1. The van der Waals surface area contributed by atoms with Gasteiger partial charge in [-0.1, -0.05) is 43.5 Å². The minimum atomic E-state index is -0.639. The Hall–Kier alpha value is -1.22. The molecule has 1 fully saturated rings. The molecule has 1 aromatic carbocycles. The lowest BCUT2D eigenvalue weighted by molar-refractivity contribution is -0.123. The molecular formula is C14H19ClN2O. The Morgan fingerprint density at radius 3 is 2.89 bits per heavy atom. The van der Waals surface area contributed by atoms with Crippen LogP contribution in [0.15, 0.2) is 24.3 Å². The maximum absolute atomic E-state index is 11.9. The lowest BCUT2D eigenvalue weighted by Gasteiger charge is -2.34. The molecule has 3 nitrogen and oxygen atoms in total. The molecule has 2 rings (SSSR count). The summed E-state index contributed by atoms with van der Waals surface area (Å²) in [6.45, 7) is 2.10. The van der Waals surface area contributed by atoms with Crippen LogP contribution in [0.4, 0.5) is 5.69 Å². The summed E-state index contributed by atoms with van der Waals surface area (Å²) in [5, 5.41) is 3.94. The fourth-order valence-corrected chi connectivity index (χ4v) is 3.17. The van der Waals surface area contributed by atoms with Crippen LogP contribution in [0.3, 0.4) is 0 Å². The van der Waals surface area contributed by atoms with Gasteiger partial charge in [-0.25, -0.2) is 0 Å². The topological polar surface area (TPSA) is 55.1 Å². The van der Waals surface area contributed by atoms with Crippen LogP contribution in [0, 0.1) is 5.92 Å². The third kappa shape index (κ3) is 2.19. The van der Waals surface area contributed by atoms with Crippen LogP contribution in [-0.2, 0) is 4.79 Å². The van der Waals surface area contributed by atoms with Crippen LogP contribution in [0.5, 0.6) is 0 Å². The van der Waals surface area contributed by atoms with Crippen LogP contribution >= 0.6 is 11.6 Å². The highest BCUT2D eigenvalue weighted by Gasteiger charge is 2.47. The average molecular weight is 267 g/mol. The van der Waals surface area contributed by atoms with Crippen molar-refractivity contribution in [2.24, 2.45) is 11.7 Å². The van der Waals surface area contributed by atoms with E-state index in [0.29, 0.717) is 5.02 Å².